The lowest BCUT2D eigenvalue weighted by atomic mass is 9.88. The van der Waals surface area contributed by atoms with Crippen LogP contribution in [-0.2, 0) is 20.7 Å². The first-order chi connectivity index (χ1) is 13.0. The molecule has 2 aliphatic rings. The molecule has 146 valence electrons. The summed E-state index contributed by atoms with van der Waals surface area (Å²) in [4.78, 5) is 32.6. The van der Waals surface area contributed by atoms with Crippen LogP contribution in [0.3, 0.4) is 0 Å². The number of nitrogens with zero attached hydrogens (tertiary/aromatic N) is 3. The van der Waals surface area contributed by atoms with Gasteiger partial charge in [-0.1, -0.05) is 6.08 Å². The Morgan fingerprint density at radius 3 is 2.78 bits per heavy atom. The zero-order valence-corrected chi connectivity index (χ0v) is 16.8. The van der Waals surface area contributed by atoms with E-state index in [-0.39, 0.29) is 11.5 Å². The second kappa shape index (κ2) is 8.91. The summed E-state index contributed by atoms with van der Waals surface area (Å²) in [6.45, 7) is 7.45. The predicted molar refractivity (Wildman–Crippen MR) is 106 cm³/mol. The molecule has 1 amide bonds. The molecule has 1 aromatic heterocycles. The Labute approximate surface area is 164 Å². The Kier molecular flexibility index (Phi) is 6.57. The van der Waals surface area contributed by atoms with E-state index in [4.69, 9.17) is 4.74 Å². The van der Waals surface area contributed by atoms with Gasteiger partial charge in [0, 0.05) is 30.7 Å². The highest BCUT2D eigenvalue weighted by molar-refractivity contribution is 7.09. The molecule has 0 bridgehead atoms. The van der Waals surface area contributed by atoms with E-state index in [2.05, 4.69) is 16.8 Å². The minimum Gasteiger partial charge on any atom is -0.360 e. The van der Waals surface area contributed by atoms with Gasteiger partial charge in [0.2, 0.25) is 0 Å². The summed E-state index contributed by atoms with van der Waals surface area (Å²) in [7, 11) is 0. The topological polar surface area (TPSA) is 62.7 Å². The molecule has 3 heterocycles. The van der Waals surface area contributed by atoms with Crippen LogP contribution in [0.1, 0.15) is 30.3 Å². The zero-order valence-electron chi connectivity index (χ0n) is 16.0. The molecule has 1 atom stereocenters. The molecular weight excluding hydrogens is 362 g/mol. The minimum absolute atomic E-state index is 0.0283. The van der Waals surface area contributed by atoms with Crippen LogP contribution in [-0.4, -0.2) is 64.9 Å². The smallest absolute Gasteiger partial charge is 0.255 e. The van der Waals surface area contributed by atoms with Crippen molar-refractivity contribution in [2.24, 2.45) is 0 Å². The monoisotopic (exact) mass is 389 g/mol. The molecule has 2 saturated heterocycles. The van der Waals surface area contributed by atoms with Crippen LogP contribution in [0.25, 0.3) is 0 Å². The lowest BCUT2D eigenvalue weighted by molar-refractivity contribution is -0.184. The highest BCUT2D eigenvalue weighted by Crippen LogP contribution is 2.33. The van der Waals surface area contributed by atoms with Crippen molar-refractivity contribution in [3.63, 3.8) is 0 Å². The third kappa shape index (κ3) is 4.91. The van der Waals surface area contributed by atoms with Gasteiger partial charge in [0.05, 0.1) is 23.4 Å². The van der Waals surface area contributed by atoms with E-state index in [0.29, 0.717) is 6.54 Å². The third-order valence-electron chi connectivity index (χ3n) is 5.35. The van der Waals surface area contributed by atoms with E-state index in [1.807, 2.05) is 12.4 Å². The van der Waals surface area contributed by atoms with E-state index in [1.165, 1.54) is 11.0 Å². The van der Waals surface area contributed by atoms with Crippen LogP contribution in [0.2, 0.25) is 0 Å². The van der Waals surface area contributed by atoms with E-state index >= 15 is 0 Å². The molecular formula is C20H27N3O3S. The number of morpholine rings is 1. The molecule has 0 N–H and O–H groups in total. The van der Waals surface area contributed by atoms with Crippen LogP contribution >= 0.6 is 11.3 Å². The van der Waals surface area contributed by atoms with Crippen molar-refractivity contribution in [1.82, 2.24) is 14.8 Å². The number of rotatable bonds is 6. The Bertz CT molecular complexity index is 720. The number of piperidine rings is 1. The fraction of sp³-hybridized carbons (Fsp3) is 0.550. The maximum atomic E-state index is 12.4. The molecule has 0 radical (unpaired) electrons. The summed E-state index contributed by atoms with van der Waals surface area (Å²) in [6.07, 6.45) is 9.68. The summed E-state index contributed by atoms with van der Waals surface area (Å²) in [5.41, 5.74) is 2.78. The van der Waals surface area contributed by atoms with Crippen molar-refractivity contribution in [3.05, 3.63) is 40.5 Å². The van der Waals surface area contributed by atoms with E-state index in [9.17, 15) is 9.59 Å². The van der Waals surface area contributed by atoms with Gasteiger partial charge in [-0.25, -0.2) is 4.98 Å². The van der Waals surface area contributed by atoms with Crippen molar-refractivity contribution in [2.45, 2.75) is 44.8 Å². The van der Waals surface area contributed by atoms with Crippen molar-refractivity contribution in [2.75, 3.05) is 26.2 Å². The first-order valence-corrected chi connectivity index (χ1v) is 10.3. The van der Waals surface area contributed by atoms with Gasteiger partial charge >= 0.3 is 0 Å². The van der Waals surface area contributed by atoms with Crippen LogP contribution in [0.4, 0.5) is 0 Å². The van der Waals surface area contributed by atoms with Gasteiger partial charge in [0.25, 0.3) is 5.91 Å². The fourth-order valence-corrected chi connectivity index (χ4v) is 4.53. The highest BCUT2D eigenvalue weighted by Gasteiger charge is 2.44. The second-order valence-corrected chi connectivity index (χ2v) is 8.16. The zero-order chi connectivity index (χ0) is 19.3. The van der Waals surface area contributed by atoms with E-state index in [1.54, 1.807) is 34.6 Å². The molecule has 1 unspecified atom stereocenters. The number of hydrogen-bond donors (Lipinski definition) is 0. The summed E-state index contributed by atoms with van der Waals surface area (Å²) in [6, 6.07) is 0. The Hall–Kier alpha value is -1.83. The molecule has 0 saturated carbocycles. The van der Waals surface area contributed by atoms with E-state index < -0.39 is 6.10 Å². The predicted octanol–water partition coefficient (Wildman–Crippen LogP) is 2.34. The average Bonchev–Trinajstić information content (AvgIpc) is 3.07. The first-order valence-electron chi connectivity index (χ1n) is 9.41. The molecule has 6 nitrogen and oxygen atoms in total. The van der Waals surface area contributed by atoms with Crippen LogP contribution < -0.4 is 0 Å². The SMILES string of the molecule is Cc1ncsc1CCN1CCC2(CC1)CN(/C=C/C=C\C=O)C(=O)C(C)O2. The van der Waals surface area contributed by atoms with Gasteiger partial charge in [0.1, 0.15) is 12.4 Å². The Morgan fingerprint density at radius 2 is 2.11 bits per heavy atom. The summed E-state index contributed by atoms with van der Waals surface area (Å²) in [5.74, 6) is -0.0283. The standard InChI is InChI=1S/C20H27N3O3S/c1-16-18(27-15-21-16)6-10-22-11-7-20(8-12-22)14-23(9-4-3-5-13-24)19(25)17(2)26-20/h3-5,9,13,15,17H,6-8,10-12,14H2,1-2H3/b5-3-,9-4+. The molecule has 27 heavy (non-hydrogen) atoms. The molecule has 0 aromatic carbocycles. The number of carbonyl (C=O) groups excluding carboxylic acids is 2. The molecule has 3 rings (SSSR count). The van der Waals surface area contributed by atoms with Gasteiger partial charge < -0.3 is 14.5 Å². The number of likely N-dealkylation sites (tertiary alicyclic amines) is 1. The average molecular weight is 390 g/mol. The number of allylic oxidation sites excluding steroid dienone is 3. The molecule has 1 spiro atoms. The number of hydrogen-bond acceptors (Lipinski definition) is 6. The summed E-state index contributed by atoms with van der Waals surface area (Å²) < 4.78 is 6.17. The Balaban J connectivity index is 1.56. The number of aromatic nitrogens is 1. The van der Waals surface area contributed by atoms with Crippen molar-refractivity contribution in [1.29, 1.82) is 0 Å². The van der Waals surface area contributed by atoms with Gasteiger partial charge in [0.15, 0.2) is 0 Å². The minimum atomic E-state index is -0.440. The Morgan fingerprint density at radius 1 is 1.33 bits per heavy atom. The highest BCUT2D eigenvalue weighted by atomic mass is 32.1. The number of aldehydes is 1. The van der Waals surface area contributed by atoms with Gasteiger partial charge in [-0.15, -0.1) is 11.3 Å². The third-order valence-corrected chi connectivity index (χ3v) is 6.35. The van der Waals surface area contributed by atoms with Crippen LogP contribution in [0.5, 0.6) is 0 Å². The summed E-state index contributed by atoms with van der Waals surface area (Å²) >= 11 is 1.73. The number of amides is 1. The number of thiazole rings is 1. The largest absolute Gasteiger partial charge is 0.360 e. The van der Waals surface area contributed by atoms with Crippen LogP contribution in [0, 0.1) is 6.92 Å². The fourth-order valence-electron chi connectivity index (χ4n) is 3.76. The van der Waals surface area contributed by atoms with Crippen LogP contribution in [0.15, 0.2) is 29.9 Å². The number of carbonyl (C=O) groups is 2. The van der Waals surface area contributed by atoms with Crippen molar-refractivity contribution in [3.8, 4) is 0 Å². The molecule has 2 fully saturated rings. The maximum absolute atomic E-state index is 12.4. The van der Waals surface area contributed by atoms with Crippen molar-refractivity contribution >= 4 is 23.5 Å². The lowest BCUT2D eigenvalue weighted by Gasteiger charge is -2.48. The number of ether oxygens (including phenoxy) is 1. The van der Waals surface area contributed by atoms with Gasteiger partial charge in [-0.05, 0) is 45.3 Å². The normalized spacial score (nSPS) is 23.7. The van der Waals surface area contributed by atoms with Gasteiger partial charge in [-0.3, -0.25) is 9.59 Å². The lowest BCUT2D eigenvalue weighted by Crippen LogP contribution is -2.60. The molecule has 1 aromatic rings. The number of aryl methyl sites for hydroxylation is 1. The molecule has 0 aliphatic carbocycles. The van der Waals surface area contributed by atoms with Gasteiger partial charge in [-0.2, -0.15) is 0 Å². The maximum Gasteiger partial charge on any atom is 0.255 e. The van der Waals surface area contributed by atoms with Crippen molar-refractivity contribution < 1.29 is 14.3 Å². The summed E-state index contributed by atoms with van der Waals surface area (Å²) in [5, 5.41) is 0. The molecule has 7 heteroatoms. The molecule has 2 aliphatic heterocycles. The quantitative estimate of drug-likeness (QED) is 0.425. The van der Waals surface area contributed by atoms with E-state index in [0.717, 1.165) is 50.9 Å². The first kappa shape index (κ1) is 19.9. The second-order valence-electron chi connectivity index (χ2n) is 7.22.